The molecular weight excluding hydrogens is 352 g/mol. The molecule has 3 rings (SSSR count). The van der Waals surface area contributed by atoms with Gasteiger partial charge in [-0.2, -0.15) is 0 Å². The Bertz CT molecular complexity index is 769. The van der Waals surface area contributed by atoms with E-state index >= 15 is 0 Å². The van der Waals surface area contributed by atoms with Crippen molar-refractivity contribution in [1.29, 1.82) is 0 Å². The maximum atomic E-state index is 12.0. The third kappa shape index (κ3) is 9.89. The lowest BCUT2D eigenvalue weighted by Crippen LogP contribution is -2.00. The van der Waals surface area contributed by atoms with Gasteiger partial charge in [0.15, 0.2) is 5.78 Å². The van der Waals surface area contributed by atoms with Crippen molar-refractivity contribution in [3.63, 3.8) is 0 Å². The van der Waals surface area contributed by atoms with Gasteiger partial charge in [-0.15, -0.1) is 0 Å². The molecule has 29 heavy (non-hydrogen) atoms. The fraction of sp³-hybridized carbons (Fsp3) is 0.321. The predicted molar refractivity (Wildman–Crippen MR) is 131 cm³/mol. The molecule has 1 nitrogen and oxygen atoms in total. The highest BCUT2D eigenvalue weighted by molar-refractivity contribution is 6.08. The van der Waals surface area contributed by atoms with E-state index < -0.39 is 0 Å². The van der Waals surface area contributed by atoms with Crippen LogP contribution < -0.4 is 0 Å². The van der Waals surface area contributed by atoms with Crippen LogP contribution in [-0.4, -0.2) is 5.78 Å². The Balaban J connectivity index is 0. The third-order valence-corrected chi connectivity index (χ3v) is 4.19. The molecule has 0 radical (unpaired) electrons. The number of carbonyl (C=O) groups is 1. The number of hydrogen-bond acceptors (Lipinski definition) is 1. The number of carbonyl (C=O) groups excluding carboxylic acids is 1. The lowest BCUT2D eigenvalue weighted by atomic mass is 10.0. The standard InChI is InChI=1S/C15H14O.C9H12.C2H6.2CH4/c1-2-12-8-10-14(11-9-12)15(16)13-6-4-3-5-7-13;1-3-9-6-4-8(2)5-7-9;1-2;;/h3-11H,2H2,1H3;4-7H,3H2,1-2H3;1-2H3;2*1H4. The van der Waals surface area contributed by atoms with Gasteiger partial charge >= 0.3 is 0 Å². The van der Waals surface area contributed by atoms with Crippen LogP contribution in [-0.2, 0) is 12.8 Å². The van der Waals surface area contributed by atoms with Crippen LogP contribution >= 0.6 is 0 Å². The van der Waals surface area contributed by atoms with Gasteiger partial charge in [0.25, 0.3) is 0 Å². The fourth-order valence-corrected chi connectivity index (χ4v) is 2.47. The minimum atomic E-state index is 0. The largest absolute Gasteiger partial charge is 0.289 e. The maximum absolute atomic E-state index is 12.0. The first-order chi connectivity index (χ1) is 13.1. The van der Waals surface area contributed by atoms with Crippen LogP contribution in [0.15, 0.2) is 78.9 Å². The zero-order valence-electron chi connectivity index (χ0n) is 17.3. The molecule has 158 valence electrons. The van der Waals surface area contributed by atoms with Crippen molar-refractivity contribution in [2.24, 2.45) is 0 Å². The zero-order chi connectivity index (χ0) is 20.1. The van der Waals surface area contributed by atoms with E-state index in [2.05, 4.69) is 45.0 Å². The molecule has 0 spiro atoms. The molecule has 1 heteroatoms. The second kappa shape index (κ2) is 16.3. The Morgan fingerprint density at radius 2 is 1.00 bits per heavy atom. The molecule has 0 aliphatic heterocycles. The summed E-state index contributed by atoms with van der Waals surface area (Å²) in [4.78, 5) is 12.0. The number of hydrogen-bond donors (Lipinski definition) is 0. The van der Waals surface area contributed by atoms with Crippen LogP contribution in [0.25, 0.3) is 0 Å². The van der Waals surface area contributed by atoms with Gasteiger partial charge in [-0.3, -0.25) is 4.79 Å². The van der Waals surface area contributed by atoms with E-state index in [0.717, 1.165) is 24.0 Å². The minimum absolute atomic E-state index is 0. The molecule has 0 bridgehead atoms. The van der Waals surface area contributed by atoms with E-state index in [-0.39, 0.29) is 20.6 Å². The highest BCUT2D eigenvalue weighted by Crippen LogP contribution is 2.11. The summed E-state index contributed by atoms with van der Waals surface area (Å²) in [6.07, 6.45) is 2.14. The van der Waals surface area contributed by atoms with Gasteiger partial charge in [0.05, 0.1) is 0 Å². The van der Waals surface area contributed by atoms with Crippen LogP contribution in [0.1, 0.15) is 75.2 Å². The second-order valence-corrected chi connectivity index (χ2v) is 6.08. The average molecular weight is 393 g/mol. The van der Waals surface area contributed by atoms with Crippen molar-refractivity contribution < 1.29 is 4.79 Å². The van der Waals surface area contributed by atoms with E-state index in [1.54, 1.807) is 0 Å². The number of rotatable bonds is 4. The molecule has 0 unspecified atom stereocenters. The first-order valence-corrected chi connectivity index (χ1v) is 9.88. The Kier molecular flexibility index (Phi) is 16.0. The molecule has 0 amide bonds. The number of ketones is 1. The summed E-state index contributed by atoms with van der Waals surface area (Å²) in [5.74, 6) is 0.0863. The smallest absolute Gasteiger partial charge is 0.193 e. The van der Waals surface area contributed by atoms with Crippen molar-refractivity contribution in [1.82, 2.24) is 0 Å². The first kappa shape index (κ1) is 28.5. The van der Waals surface area contributed by atoms with Crippen LogP contribution in [0, 0.1) is 6.92 Å². The minimum Gasteiger partial charge on any atom is -0.289 e. The number of aryl methyl sites for hydroxylation is 3. The Morgan fingerprint density at radius 1 is 0.621 bits per heavy atom. The molecule has 0 atom stereocenters. The van der Waals surface area contributed by atoms with Crippen molar-refractivity contribution >= 4 is 5.78 Å². The van der Waals surface area contributed by atoms with Crippen molar-refractivity contribution in [2.75, 3.05) is 0 Å². The van der Waals surface area contributed by atoms with E-state index in [4.69, 9.17) is 0 Å². The summed E-state index contributed by atoms with van der Waals surface area (Å²) in [6.45, 7) is 10.4. The first-order valence-electron chi connectivity index (χ1n) is 9.88. The van der Waals surface area contributed by atoms with Gasteiger partial charge in [0.1, 0.15) is 0 Å². The van der Waals surface area contributed by atoms with Gasteiger partial charge < -0.3 is 0 Å². The molecule has 0 heterocycles. The van der Waals surface area contributed by atoms with Gasteiger partial charge in [0.2, 0.25) is 0 Å². The molecule has 0 N–H and O–H groups in total. The Labute approximate surface area is 179 Å². The van der Waals surface area contributed by atoms with Gasteiger partial charge in [-0.1, -0.05) is 127 Å². The third-order valence-electron chi connectivity index (χ3n) is 4.19. The van der Waals surface area contributed by atoms with E-state index in [1.165, 1.54) is 16.7 Å². The average Bonchev–Trinajstić information content (AvgIpc) is 2.76. The molecule has 0 aromatic heterocycles. The topological polar surface area (TPSA) is 17.1 Å². The van der Waals surface area contributed by atoms with Crippen molar-refractivity contribution in [3.8, 4) is 0 Å². The van der Waals surface area contributed by atoms with Crippen LogP contribution in [0.4, 0.5) is 0 Å². The quantitative estimate of drug-likeness (QED) is 0.408. The highest BCUT2D eigenvalue weighted by Gasteiger charge is 2.07. The van der Waals surface area contributed by atoms with Crippen LogP contribution in [0.3, 0.4) is 0 Å². The summed E-state index contributed by atoms with van der Waals surface area (Å²) in [7, 11) is 0. The maximum Gasteiger partial charge on any atom is 0.193 e. The van der Waals surface area contributed by atoms with Crippen LogP contribution in [0.5, 0.6) is 0 Å². The molecule has 0 saturated heterocycles. The van der Waals surface area contributed by atoms with Gasteiger partial charge in [-0.25, -0.2) is 0 Å². The highest BCUT2D eigenvalue weighted by atomic mass is 16.1. The summed E-state index contributed by atoms with van der Waals surface area (Å²) >= 11 is 0. The summed E-state index contributed by atoms with van der Waals surface area (Å²) in [5, 5.41) is 0. The van der Waals surface area contributed by atoms with E-state index in [0.29, 0.717) is 0 Å². The monoisotopic (exact) mass is 392 g/mol. The Hall–Kier alpha value is -2.67. The molecule has 0 aliphatic rings. The molecule has 0 aliphatic carbocycles. The molecule has 0 saturated carbocycles. The summed E-state index contributed by atoms with van der Waals surface area (Å²) in [6, 6.07) is 25.8. The summed E-state index contributed by atoms with van der Waals surface area (Å²) in [5.41, 5.74) is 5.51. The number of benzene rings is 3. The normalized spacial score (nSPS) is 8.72. The lowest BCUT2D eigenvalue weighted by molar-refractivity contribution is 0.103. The fourth-order valence-electron chi connectivity index (χ4n) is 2.47. The van der Waals surface area contributed by atoms with Crippen molar-refractivity contribution in [3.05, 3.63) is 107 Å². The summed E-state index contributed by atoms with van der Waals surface area (Å²) < 4.78 is 0. The Morgan fingerprint density at radius 3 is 1.41 bits per heavy atom. The molecule has 3 aromatic carbocycles. The van der Waals surface area contributed by atoms with Crippen LogP contribution in [0.2, 0.25) is 0 Å². The molecule has 0 fully saturated rings. The van der Waals surface area contributed by atoms with E-state index in [1.807, 2.05) is 68.4 Å². The SMILES string of the molecule is C.C.CC.CCc1ccc(C(=O)c2ccccc2)cc1.CCc1ccc(C)cc1. The second-order valence-electron chi connectivity index (χ2n) is 6.08. The van der Waals surface area contributed by atoms with Gasteiger partial charge in [-0.05, 0) is 30.9 Å². The lowest BCUT2D eigenvalue weighted by Gasteiger charge is -2.02. The predicted octanol–water partition coefficient (Wildman–Crippen LogP) is 8.34. The van der Waals surface area contributed by atoms with Crippen molar-refractivity contribution in [2.45, 2.75) is 62.3 Å². The molecular formula is C28H40O. The van der Waals surface area contributed by atoms with Gasteiger partial charge in [0, 0.05) is 11.1 Å². The zero-order valence-corrected chi connectivity index (χ0v) is 17.3. The molecule has 3 aromatic rings. The van der Waals surface area contributed by atoms with E-state index in [9.17, 15) is 4.79 Å².